The van der Waals surface area contributed by atoms with Gasteiger partial charge in [0.1, 0.15) is 0 Å². The maximum atomic E-state index is 5.76. The van der Waals surface area contributed by atoms with Crippen LogP contribution in [-0.4, -0.2) is 88.8 Å². The summed E-state index contributed by atoms with van der Waals surface area (Å²) in [5.74, 6) is 0.862. The molecule has 0 saturated carbocycles. The van der Waals surface area contributed by atoms with Crippen LogP contribution in [0, 0.1) is 0 Å². The van der Waals surface area contributed by atoms with Crippen molar-refractivity contribution in [2.75, 3.05) is 66.3 Å². The third kappa shape index (κ3) is 5.88. The Bertz CT molecular complexity index is 380. The van der Waals surface area contributed by atoms with Crippen molar-refractivity contribution in [2.24, 2.45) is 4.99 Å². The number of hydrogen-bond donors (Lipinski definition) is 2. The van der Waals surface area contributed by atoms with Crippen LogP contribution >= 0.6 is 0 Å². The molecular formula is C17H34N4O3. The van der Waals surface area contributed by atoms with Crippen molar-refractivity contribution in [2.45, 2.75) is 38.3 Å². The second-order valence-corrected chi connectivity index (χ2v) is 6.57. The molecule has 7 nitrogen and oxygen atoms in total. The van der Waals surface area contributed by atoms with Gasteiger partial charge in [0, 0.05) is 65.4 Å². The van der Waals surface area contributed by atoms with Crippen molar-refractivity contribution >= 4 is 5.96 Å². The molecular weight excluding hydrogens is 308 g/mol. The Morgan fingerprint density at radius 2 is 1.83 bits per heavy atom. The normalized spacial score (nSPS) is 23.7. The SMILES string of the molecule is CCNC(=NCC1(OC)CCOCC1)NCC(C)N1CCOCC1. The van der Waals surface area contributed by atoms with E-state index in [1.54, 1.807) is 7.11 Å². The molecule has 0 bridgehead atoms. The van der Waals surface area contributed by atoms with Crippen molar-refractivity contribution in [3.63, 3.8) is 0 Å². The molecule has 2 fully saturated rings. The second kappa shape index (κ2) is 10.2. The molecule has 1 unspecified atom stereocenters. The molecule has 0 radical (unpaired) electrons. The van der Waals surface area contributed by atoms with Crippen molar-refractivity contribution in [1.82, 2.24) is 15.5 Å². The van der Waals surface area contributed by atoms with E-state index in [1.807, 2.05) is 0 Å². The smallest absolute Gasteiger partial charge is 0.191 e. The van der Waals surface area contributed by atoms with Gasteiger partial charge in [-0.15, -0.1) is 0 Å². The molecule has 1 atom stereocenters. The molecule has 0 amide bonds. The number of ether oxygens (including phenoxy) is 3. The van der Waals surface area contributed by atoms with E-state index in [1.165, 1.54) is 0 Å². The fourth-order valence-corrected chi connectivity index (χ4v) is 3.13. The third-order valence-electron chi connectivity index (χ3n) is 4.94. The number of nitrogens with one attached hydrogen (secondary N) is 2. The Labute approximate surface area is 146 Å². The number of methoxy groups -OCH3 is 1. The van der Waals surface area contributed by atoms with Crippen LogP contribution in [0.15, 0.2) is 4.99 Å². The lowest BCUT2D eigenvalue weighted by Gasteiger charge is -2.35. The summed E-state index contributed by atoms with van der Waals surface area (Å²) in [5, 5.41) is 6.80. The summed E-state index contributed by atoms with van der Waals surface area (Å²) in [7, 11) is 1.78. The highest BCUT2D eigenvalue weighted by Crippen LogP contribution is 2.24. The standard InChI is InChI=1S/C17H34N4O3/c1-4-18-16(19-13-15(2)21-7-11-24-12-8-21)20-14-17(22-3)5-9-23-10-6-17/h15H,4-14H2,1-3H3,(H2,18,19,20). The number of aliphatic imine (C=N–C) groups is 1. The minimum absolute atomic E-state index is 0.184. The monoisotopic (exact) mass is 342 g/mol. The van der Waals surface area contributed by atoms with Gasteiger partial charge in [0.25, 0.3) is 0 Å². The van der Waals surface area contributed by atoms with E-state index in [-0.39, 0.29) is 5.60 Å². The van der Waals surface area contributed by atoms with Gasteiger partial charge in [-0.1, -0.05) is 0 Å². The molecule has 0 spiro atoms. The Balaban J connectivity index is 1.85. The summed E-state index contributed by atoms with van der Waals surface area (Å²) in [6.07, 6.45) is 1.80. The molecule has 0 aromatic carbocycles. The van der Waals surface area contributed by atoms with Crippen molar-refractivity contribution in [3.8, 4) is 0 Å². The van der Waals surface area contributed by atoms with E-state index >= 15 is 0 Å². The summed E-state index contributed by atoms with van der Waals surface area (Å²) >= 11 is 0. The summed E-state index contributed by atoms with van der Waals surface area (Å²) in [6, 6.07) is 0.456. The van der Waals surface area contributed by atoms with Gasteiger partial charge < -0.3 is 24.8 Å². The first-order chi connectivity index (χ1) is 11.7. The lowest BCUT2D eigenvalue weighted by molar-refractivity contribution is -0.0828. The first-order valence-corrected chi connectivity index (χ1v) is 9.16. The number of morpholine rings is 1. The summed E-state index contributed by atoms with van der Waals surface area (Å²) in [5.41, 5.74) is -0.184. The summed E-state index contributed by atoms with van der Waals surface area (Å²) in [6.45, 7) is 11.9. The van der Waals surface area contributed by atoms with E-state index < -0.39 is 0 Å². The number of guanidine groups is 1. The molecule has 2 aliphatic heterocycles. The molecule has 0 aromatic heterocycles. The third-order valence-corrected chi connectivity index (χ3v) is 4.94. The first-order valence-electron chi connectivity index (χ1n) is 9.16. The lowest BCUT2D eigenvalue weighted by Crippen LogP contribution is -2.50. The molecule has 2 rings (SSSR count). The molecule has 2 aliphatic rings. The van der Waals surface area contributed by atoms with Gasteiger partial charge in [-0.3, -0.25) is 9.89 Å². The quantitative estimate of drug-likeness (QED) is 0.517. The summed E-state index contributed by atoms with van der Waals surface area (Å²) in [4.78, 5) is 7.22. The Hall–Kier alpha value is -0.890. The molecule has 0 aromatic rings. The van der Waals surface area contributed by atoms with Crippen molar-refractivity contribution < 1.29 is 14.2 Å². The topological polar surface area (TPSA) is 67.4 Å². The van der Waals surface area contributed by atoms with Gasteiger partial charge in [-0.25, -0.2) is 0 Å². The average molecular weight is 342 g/mol. The molecule has 7 heteroatoms. The predicted octanol–water partition coefficient (Wildman–Crippen LogP) is 0.458. The zero-order valence-corrected chi connectivity index (χ0v) is 15.5. The highest BCUT2D eigenvalue weighted by atomic mass is 16.5. The zero-order valence-electron chi connectivity index (χ0n) is 15.5. The predicted molar refractivity (Wildman–Crippen MR) is 95.6 cm³/mol. The first kappa shape index (κ1) is 19.4. The maximum Gasteiger partial charge on any atom is 0.191 e. The Morgan fingerprint density at radius 3 is 2.46 bits per heavy atom. The fourth-order valence-electron chi connectivity index (χ4n) is 3.13. The molecule has 24 heavy (non-hydrogen) atoms. The van der Waals surface area contributed by atoms with E-state index in [0.29, 0.717) is 12.6 Å². The van der Waals surface area contributed by atoms with Gasteiger partial charge in [0.05, 0.1) is 25.4 Å². The van der Waals surface area contributed by atoms with Crippen LogP contribution in [0.5, 0.6) is 0 Å². The van der Waals surface area contributed by atoms with Crippen LogP contribution in [0.4, 0.5) is 0 Å². The van der Waals surface area contributed by atoms with Crippen LogP contribution in [0.2, 0.25) is 0 Å². The highest BCUT2D eigenvalue weighted by molar-refractivity contribution is 5.79. The van der Waals surface area contributed by atoms with Crippen molar-refractivity contribution in [3.05, 3.63) is 0 Å². The number of rotatable bonds is 7. The van der Waals surface area contributed by atoms with Crippen LogP contribution < -0.4 is 10.6 Å². The molecule has 2 saturated heterocycles. The van der Waals surface area contributed by atoms with Crippen LogP contribution in [0.1, 0.15) is 26.7 Å². The zero-order chi connectivity index (χ0) is 17.3. The van der Waals surface area contributed by atoms with E-state index in [9.17, 15) is 0 Å². The number of hydrogen-bond acceptors (Lipinski definition) is 5. The molecule has 140 valence electrons. The maximum absolute atomic E-state index is 5.76. The fraction of sp³-hybridized carbons (Fsp3) is 0.941. The second-order valence-electron chi connectivity index (χ2n) is 6.57. The van der Waals surface area contributed by atoms with Crippen LogP contribution in [0.3, 0.4) is 0 Å². The largest absolute Gasteiger partial charge is 0.381 e. The summed E-state index contributed by atoms with van der Waals surface area (Å²) < 4.78 is 16.6. The van der Waals surface area contributed by atoms with Gasteiger partial charge in [0.2, 0.25) is 0 Å². The minimum Gasteiger partial charge on any atom is -0.381 e. The molecule has 0 aliphatic carbocycles. The Kier molecular flexibility index (Phi) is 8.24. The van der Waals surface area contributed by atoms with E-state index in [2.05, 4.69) is 29.4 Å². The number of nitrogens with zero attached hydrogens (tertiary/aromatic N) is 2. The van der Waals surface area contributed by atoms with Crippen LogP contribution in [0.25, 0.3) is 0 Å². The Morgan fingerprint density at radius 1 is 1.17 bits per heavy atom. The lowest BCUT2D eigenvalue weighted by atomic mass is 9.94. The van der Waals surface area contributed by atoms with Crippen molar-refractivity contribution in [1.29, 1.82) is 0 Å². The van der Waals surface area contributed by atoms with E-state index in [4.69, 9.17) is 19.2 Å². The van der Waals surface area contributed by atoms with Gasteiger partial charge in [-0.2, -0.15) is 0 Å². The van der Waals surface area contributed by atoms with Gasteiger partial charge >= 0.3 is 0 Å². The van der Waals surface area contributed by atoms with Gasteiger partial charge in [-0.05, 0) is 13.8 Å². The average Bonchev–Trinajstić information content (AvgIpc) is 2.65. The van der Waals surface area contributed by atoms with Gasteiger partial charge in [0.15, 0.2) is 5.96 Å². The molecule has 2 heterocycles. The van der Waals surface area contributed by atoms with E-state index in [0.717, 1.165) is 71.4 Å². The minimum atomic E-state index is -0.184. The van der Waals surface area contributed by atoms with Crippen LogP contribution in [-0.2, 0) is 14.2 Å². The highest BCUT2D eigenvalue weighted by Gasteiger charge is 2.32. The molecule has 2 N–H and O–H groups in total.